The number of hydrogen-bond acceptors (Lipinski definition) is 7. The third-order valence-corrected chi connectivity index (χ3v) is 4.96. The molecule has 1 aliphatic rings. The Balaban J connectivity index is 1.51. The second-order valence-electron chi connectivity index (χ2n) is 6.90. The van der Waals surface area contributed by atoms with Crippen molar-refractivity contribution in [1.29, 1.82) is 0 Å². The second-order valence-corrected chi connectivity index (χ2v) is 6.90. The summed E-state index contributed by atoms with van der Waals surface area (Å²) in [5, 5.41) is 14.3. The van der Waals surface area contributed by atoms with E-state index >= 15 is 0 Å². The fourth-order valence-corrected chi connectivity index (χ4v) is 3.35. The average molecular weight is 431 g/mol. The summed E-state index contributed by atoms with van der Waals surface area (Å²) in [5.41, 5.74) is 2.91. The van der Waals surface area contributed by atoms with Gasteiger partial charge in [0.25, 0.3) is 5.69 Å². The molecule has 1 aliphatic heterocycles. The Morgan fingerprint density at radius 1 is 1.03 bits per heavy atom. The third kappa shape index (κ3) is 4.39. The van der Waals surface area contributed by atoms with E-state index in [9.17, 15) is 10.1 Å². The number of fused-ring (bicyclic) bond motifs is 1. The molecule has 0 fully saturated rings. The van der Waals surface area contributed by atoms with Crippen molar-refractivity contribution in [3.63, 3.8) is 0 Å². The number of nitro benzene ring substituents is 1. The van der Waals surface area contributed by atoms with Gasteiger partial charge in [-0.05, 0) is 42.5 Å². The number of rotatable bonds is 7. The number of benzene rings is 3. The third-order valence-electron chi connectivity index (χ3n) is 4.96. The van der Waals surface area contributed by atoms with Gasteiger partial charge in [-0.15, -0.1) is 0 Å². The lowest BCUT2D eigenvalue weighted by molar-refractivity contribution is -0.385. The molecule has 1 unspecified atom stereocenters. The number of para-hydroxylation sites is 1. The van der Waals surface area contributed by atoms with Crippen LogP contribution in [0.2, 0.25) is 0 Å². The van der Waals surface area contributed by atoms with Crippen LogP contribution in [0.25, 0.3) is 0 Å². The molecule has 162 valence electrons. The van der Waals surface area contributed by atoms with Crippen LogP contribution >= 0.6 is 0 Å². The Hall–Kier alpha value is -4.33. The Bertz CT molecular complexity index is 1190. The van der Waals surface area contributed by atoms with Crippen molar-refractivity contribution in [2.45, 2.75) is 6.10 Å². The summed E-state index contributed by atoms with van der Waals surface area (Å²) >= 11 is 0. The molecule has 32 heavy (non-hydrogen) atoms. The van der Waals surface area contributed by atoms with Crippen molar-refractivity contribution in [2.24, 2.45) is 4.99 Å². The van der Waals surface area contributed by atoms with Crippen LogP contribution in [0.4, 0.5) is 17.1 Å². The summed E-state index contributed by atoms with van der Waals surface area (Å²) < 4.78 is 16.9. The van der Waals surface area contributed by atoms with Crippen LogP contribution in [-0.2, 0) is 0 Å². The highest BCUT2D eigenvalue weighted by Crippen LogP contribution is 2.40. The predicted molar refractivity (Wildman–Crippen MR) is 122 cm³/mol. The zero-order valence-electron chi connectivity index (χ0n) is 17.5. The second kappa shape index (κ2) is 9.22. The van der Waals surface area contributed by atoms with Crippen LogP contribution in [0.15, 0.2) is 77.9 Å². The highest BCUT2D eigenvalue weighted by molar-refractivity contribution is 5.87. The fourth-order valence-electron chi connectivity index (χ4n) is 3.35. The van der Waals surface area contributed by atoms with Gasteiger partial charge in [-0.1, -0.05) is 12.1 Å². The van der Waals surface area contributed by atoms with Crippen molar-refractivity contribution in [1.82, 2.24) is 0 Å². The molecule has 0 aromatic heterocycles. The summed E-state index contributed by atoms with van der Waals surface area (Å²) in [4.78, 5) is 15.1. The number of hydrogen-bond donors (Lipinski definition) is 1. The van der Waals surface area contributed by atoms with Crippen LogP contribution in [0.3, 0.4) is 0 Å². The maximum Gasteiger partial charge on any atom is 0.278 e. The molecule has 3 aromatic rings. The Morgan fingerprint density at radius 2 is 1.75 bits per heavy atom. The number of ether oxygens (including phenoxy) is 3. The van der Waals surface area contributed by atoms with E-state index in [0.29, 0.717) is 28.5 Å². The van der Waals surface area contributed by atoms with Crippen LogP contribution in [-0.4, -0.2) is 25.4 Å². The van der Waals surface area contributed by atoms with E-state index in [4.69, 9.17) is 14.2 Å². The number of nitro groups is 1. The first-order valence-electron chi connectivity index (χ1n) is 9.82. The van der Waals surface area contributed by atoms with Crippen molar-refractivity contribution >= 4 is 23.3 Å². The average Bonchev–Trinajstić information content (AvgIpc) is 2.83. The first kappa shape index (κ1) is 20.9. The molecule has 3 aromatic carbocycles. The van der Waals surface area contributed by atoms with E-state index in [1.54, 1.807) is 44.6 Å². The van der Waals surface area contributed by atoms with Crippen LogP contribution in [0, 0.1) is 10.1 Å². The van der Waals surface area contributed by atoms with E-state index in [0.717, 1.165) is 11.3 Å². The summed E-state index contributed by atoms with van der Waals surface area (Å²) in [6.07, 6.45) is 4.91. The van der Waals surface area contributed by atoms with Crippen LogP contribution < -0.4 is 19.5 Å². The minimum Gasteiger partial charge on any atom is -0.493 e. The zero-order valence-corrected chi connectivity index (χ0v) is 17.5. The van der Waals surface area contributed by atoms with Gasteiger partial charge >= 0.3 is 0 Å². The van der Waals surface area contributed by atoms with Crippen molar-refractivity contribution in [3.05, 3.63) is 94.2 Å². The van der Waals surface area contributed by atoms with Gasteiger partial charge in [0.2, 0.25) is 0 Å². The molecule has 8 heteroatoms. The number of nitrogens with zero attached hydrogens (tertiary/aromatic N) is 2. The minimum atomic E-state index is -0.423. The first-order valence-corrected chi connectivity index (χ1v) is 9.82. The van der Waals surface area contributed by atoms with Gasteiger partial charge in [0.1, 0.15) is 11.9 Å². The molecule has 0 saturated carbocycles. The summed E-state index contributed by atoms with van der Waals surface area (Å²) in [6.45, 7) is 0. The highest BCUT2D eigenvalue weighted by Gasteiger charge is 2.21. The Labute approximate surface area is 184 Å². The molecule has 0 spiro atoms. The van der Waals surface area contributed by atoms with Gasteiger partial charge in [0.05, 0.1) is 30.4 Å². The van der Waals surface area contributed by atoms with Crippen molar-refractivity contribution in [2.75, 3.05) is 19.5 Å². The molecular formula is C24H21N3O5. The molecule has 0 bridgehead atoms. The number of aliphatic imine (C=N–C) groups is 1. The molecule has 0 aliphatic carbocycles. The van der Waals surface area contributed by atoms with Gasteiger partial charge in [0, 0.05) is 35.8 Å². The Kier molecular flexibility index (Phi) is 6.03. The minimum absolute atomic E-state index is 0.0135. The summed E-state index contributed by atoms with van der Waals surface area (Å²) in [6, 6.07) is 17.4. The predicted octanol–water partition coefficient (Wildman–Crippen LogP) is 5.42. The van der Waals surface area contributed by atoms with E-state index in [1.165, 1.54) is 12.3 Å². The quantitative estimate of drug-likeness (QED) is 0.305. The van der Waals surface area contributed by atoms with Gasteiger partial charge in [0.15, 0.2) is 11.5 Å². The van der Waals surface area contributed by atoms with Gasteiger partial charge in [-0.25, -0.2) is 0 Å². The molecule has 0 amide bonds. The van der Waals surface area contributed by atoms with Crippen molar-refractivity contribution < 1.29 is 19.1 Å². The largest absolute Gasteiger partial charge is 0.493 e. The lowest BCUT2D eigenvalue weighted by Gasteiger charge is -2.24. The summed E-state index contributed by atoms with van der Waals surface area (Å²) in [7, 11) is 3.19. The topological polar surface area (TPSA) is 95.2 Å². The number of anilines is 1. The maximum atomic E-state index is 11.1. The number of methoxy groups -OCH3 is 2. The van der Waals surface area contributed by atoms with Crippen LogP contribution in [0.1, 0.15) is 17.2 Å². The molecule has 4 rings (SSSR count). The SMILES string of the molecule is COc1cc2c(cc1OC)C(Oc1ccc(N=Cc3ccccc3[N+](=O)[O-])cc1)C=CN2. The normalized spacial score (nSPS) is 14.5. The van der Waals surface area contributed by atoms with Crippen molar-refractivity contribution in [3.8, 4) is 17.2 Å². The lowest BCUT2D eigenvalue weighted by Crippen LogP contribution is -2.12. The van der Waals surface area contributed by atoms with Crippen LogP contribution in [0.5, 0.6) is 17.2 Å². The van der Waals surface area contributed by atoms with Gasteiger partial charge in [-0.3, -0.25) is 15.1 Å². The Morgan fingerprint density at radius 3 is 2.47 bits per heavy atom. The standard InChI is InChI=1S/C24H21N3O5/c1-30-23-13-19-20(14-24(23)31-2)25-12-11-22(19)32-18-9-7-17(8-10-18)26-15-16-5-3-4-6-21(16)27(28)29/h3-15,22,25H,1-2H3. The first-order chi connectivity index (χ1) is 15.6. The lowest BCUT2D eigenvalue weighted by atomic mass is 10.0. The number of nitrogens with one attached hydrogen (secondary N) is 1. The highest BCUT2D eigenvalue weighted by atomic mass is 16.6. The molecule has 8 nitrogen and oxygen atoms in total. The molecule has 1 N–H and O–H groups in total. The summed E-state index contributed by atoms with van der Waals surface area (Å²) in [5.74, 6) is 1.91. The smallest absolute Gasteiger partial charge is 0.278 e. The van der Waals surface area contributed by atoms with E-state index in [1.807, 2.05) is 36.5 Å². The fraction of sp³-hybridized carbons (Fsp3) is 0.125. The molecule has 0 radical (unpaired) electrons. The molecule has 0 saturated heterocycles. The zero-order chi connectivity index (χ0) is 22.5. The molecule has 1 heterocycles. The molecular weight excluding hydrogens is 410 g/mol. The van der Waals surface area contributed by atoms with E-state index < -0.39 is 4.92 Å². The van der Waals surface area contributed by atoms with E-state index in [2.05, 4.69) is 10.3 Å². The van der Waals surface area contributed by atoms with E-state index in [-0.39, 0.29) is 11.8 Å². The maximum absolute atomic E-state index is 11.1. The van der Waals surface area contributed by atoms with Gasteiger partial charge < -0.3 is 19.5 Å². The monoisotopic (exact) mass is 431 g/mol. The molecule has 1 atom stereocenters. The van der Waals surface area contributed by atoms with Gasteiger partial charge in [-0.2, -0.15) is 0 Å².